The van der Waals surface area contributed by atoms with Gasteiger partial charge in [0.25, 0.3) is 5.95 Å². The number of methoxy groups -OCH3 is 1. The van der Waals surface area contributed by atoms with Crippen LogP contribution in [0.1, 0.15) is 41.8 Å². The second-order valence-corrected chi connectivity index (χ2v) is 8.83. The molecular weight excluding hydrogens is 424 g/mol. The molecule has 0 unspecified atom stereocenters. The minimum absolute atomic E-state index is 0.0762. The lowest BCUT2D eigenvalue weighted by atomic mass is 9.95. The molecule has 3 heterocycles. The first-order chi connectivity index (χ1) is 16.7. The van der Waals surface area contributed by atoms with Gasteiger partial charge in [-0.15, -0.1) is 5.10 Å². The number of nitrogens with zero attached hydrogens (tertiary/aromatic N) is 6. The van der Waals surface area contributed by atoms with E-state index in [0.29, 0.717) is 17.7 Å². The van der Waals surface area contributed by atoms with E-state index in [-0.39, 0.29) is 6.10 Å². The van der Waals surface area contributed by atoms with Gasteiger partial charge in [-0.1, -0.05) is 60.2 Å². The fraction of sp³-hybridized carbons (Fsp3) is 0.333. The standard InChI is InChI=1S/C27H30N6O/c1-20-9-11-22(12-10-20)25-30-26(33(31-25)27-28-15-6-16-29-27)23-13-17-32(18-14-23)19-24(34-2)21-7-4-3-5-8-21/h3-12,15-16,23-24H,13-14,17-19H2,1-2H3/t24-/m0/s1. The Hall–Kier alpha value is -3.42. The zero-order chi connectivity index (χ0) is 23.3. The van der Waals surface area contributed by atoms with E-state index < -0.39 is 0 Å². The van der Waals surface area contributed by atoms with Gasteiger partial charge in [-0.05, 0) is 44.5 Å². The van der Waals surface area contributed by atoms with Gasteiger partial charge in [0.1, 0.15) is 5.82 Å². The fourth-order valence-corrected chi connectivity index (χ4v) is 4.55. The van der Waals surface area contributed by atoms with E-state index in [2.05, 4.69) is 70.3 Å². The van der Waals surface area contributed by atoms with Gasteiger partial charge < -0.3 is 9.64 Å². The Morgan fingerprint density at radius 1 is 0.941 bits per heavy atom. The maximum absolute atomic E-state index is 5.80. The summed E-state index contributed by atoms with van der Waals surface area (Å²) in [4.78, 5) is 16.4. The van der Waals surface area contributed by atoms with Crippen molar-refractivity contribution in [3.63, 3.8) is 0 Å². The molecule has 2 aromatic heterocycles. The molecule has 0 N–H and O–H groups in total. The Morgan fingerprint density at radius 2 is 1.65 bits per heavy atom. The average molecular weight is 455 g/mol. The maximum atomic E-state index is 5.80. The van der Waals surface area contributed by atoms with Gasteiger partial charge in [-0.25, -0.2) is 15.0 Å². The first kappa shape index (κ1) is 22.4. The Bertz CT molecular complexity index is 1190. The smallest absolute Gasteiger partial charge is 0.252 e. The monoisotopic (exact) mass is 454 g/mol. The van der Waals surface area contributed by atoms with Crippen LogP contribution in [0.25, 0.3) is 17.3 Å². The molecule has 1 fully saturated rings. The van der Waals surface area contributed by atoms with Crippen molar-refractivity contribution in [2.75, 3.05) is 26.7 Å². The van der Waals surface area contributed by atoms with E-state index in [4.69, 9.17) is 14.8 Å². The number of hydrogen-bond acceptors (Lipinski definition) is 6. The van der Waals surface area contributed by atoms with E-state index in [1.165, 1.54) is 11.1 Å². The Balaban J connectivity index is 1.35. The second kappa shape index (κ2) is 10.2. The molecule has 1 atom stereocenters. The molecule has 1 aliphatic heterocycles. The van der Waals surface area contributed by atoms with Crippen molar-refractivity contribution < 1.29 is 4.74 Å². The summed E-state index contributed by atoms with van der Waals surface area (Å²) in [6, 6.07) is 20.6. The number of benzene rings is 2. The average Bonchev–Trinajstić information content (AvgIpc) is 3.34. The number of hydrogen-bond donors (Lipinski definition) is 0. The first-order valence-electron chi connectivity index (χ1n) is 11.8. The molecule has 0 aliphatic carbocycles. The quantitative estimate of drug-likeness (QED) is 0.407. The third-order valence-electron chi connectivity index (χ3n) is 6.52. The van der Waals surface area contributed by atoms with Crippen LogP contribution in [0, 0.1) is 6.92 Å². The van der Waals surface area contributed by atoms with Crippen molar-refractivity contribution in [2.45, 2.75) is 31.8 Å². The summed E-state index contributed by atoms with van der Waals surface area (Å²) in [7, 11) is 1.79. The summed E-state index contributed by atoms with van der Waals surface area (Å²) in [5, 5.41) is 4.82. The predicted octanol–water partition coefficient (Wildman–Crippen LogP) is 4.60. The van der Waals surface area contributed by atoms with Crippen LogP contribution in [-0.4, -0.2) is 56.4 Å². The van der Waals surface area contributed by atoms with Crippen LogP contribution in [0.4, 0.5) is 0 Å². The van der Waals surface area contributed by atoms with E-state index in [0.717, 1.165) is 43.9 Å². The van der Waals surface area contributed by atoms with Crippen LogP contribution in [0.3, 0.4) is 0 Å². The number of piperidine rings is 1. The van der Waals surface area contributed by atoms with Gasteiger partial charge in [0, 0.05) is 37.5 Å². The first-order valence-corrected chi connectivity index (χ1v) is 11.8. The predicted molar refractivity (Wildman–Crippen MR) is 132 cm³/mol. The second-order valence-electron chi connectivity index (χ2n) is 8.83. The Kier molecular flexibility index (Phi) is 6.74. The summed E-state index contributed by atoms with van der Waals surface area (Å²) in [6.07, 6.45) is 5.58. The van der Waals surface area contributed by atoms with Gasteiger partial charge in [-0.3, -0.25) is 0 Å². The molecule has 2 aromatic carbocycles. The lowest BCUT2D eigenvalue weighted by Crippen LogP contribution is -2.37. The molecule has 4 aromatic rings. The van der Waals surface area contributed by atoms with Crippen LogP contribution < -0.4 is 0 Å². The van der Waals surface area contributed by atoms with E-state index in [9.17, 15) is 0 Å². The normalized spacial score (nSPS) is 15.9. The third-order valence-corrected chi connectivity index (χ3v) is 6.52. The molecule has 7 heteroatoms. The van der Waals surface area contributed by atoms with Crippen LogP contribution in [0.5, 0.6) is 0 Å². The van der Waals surface area contributed by atoms with Crippen molar-refractivity contribution in [3.8, 4) is 17.3 Å². The summed E-state index contributed by atoms with van der Waals surface area (Å²) >= 11 is 0. The van der Waals surface area contributed by atoms with Crippen LogP contribution in [0.15, 0.2) is 73.1 Å². The Labute approximate surface area is 200 Å². The molecule has 34 heavy (non-hydrogen) atoms. The molecule has 1 aliphatic rings. The molecule has 0 amide bonds. The zero-order valence-corrected chi connectivity index (χ0v) is 19.7. The lowest BCUT2D eigenvalue weighted by Gasteiger charge is -2.33. The molecule has 1 saturated heterocycles. The van der Waals surface area contributed by atoms with Crippen molar-refractivity contribution >= 4 is 0 Å². The summed E-state index contributed by atoms with van der Waals surface area (Å²) in [5.74, 6) is 2.51. The van der Waals surface area contributed by atoms with Crippen LogP contribution in [0.2, 0.25) is 0 Å². The van der Waals surface area contributed by atoms with Crippen molar-refractivity contribution in [2.24, 2.45) is 0 Å². The van der Waals surface area contributed by atoms with Gasteiger partial charge in [0.2, 0.25) is 0 Å². The summed E-state index contributed by atoms with van der Waals surface area (Å²) < 4.78 is 7.63. The molecule has 0 saturated carbocycles. The van der Waals surface area contributed by atoms with Gasteiger partial charge in [0.15, 0.2) is 5.82 Å². The number of rotatable bonds is 7. The highest BCUT2D eigenvalue weighted by Crippen LogP contribution is 2.31. The molecule has 7 nitrogen and oxygen atoms in total. The molecule has 0 bridgehead atoms. The molecule has 0 radical (unpaired) electrons. The van der Waals surface area contributed by atoms with E-state index >= 15 is 0 Å². The summed E-state index contributed by atoms with van der Waals surface area (Å²) in [6.45, 7) is 4.94. The minimum Gasteiger partial charge on any atom is -0.375 e. The zero-order valence-electron chi connectivity index (χ0n) is 19.7. The molecule has 5 rings (SSSR count). The van der Waals surface area contributed by atoms with Crippen LogP contribution >= 0.6 is 0 Å². The van der Waals surface area contributed by atoms with E-state index in [1.807, 2.05) is 16.8 Å². The van der Waals surface area contributed by atoms with Crippen molar-refractivity contribution in [1.29, 1.82) is 0 Å². The summed E-state index contributed by atoms with van der Waals surface area (Å²) in [5.41, 5.74) is 3.44. The highest BCUT2D eigenvalue weighted by atomic mass is 16.5. The van der Waals surface area contributed by atoms with Gasteiger partial charge in [0.05, 0.1) is 6.10 Å². The SMILES string of the molecule is CO[C@@H](CN1CCC(c2nc(-c3ccc(C)cc3)nn2-c2ncccn2)CC1)c1ccccc1. The number of ether oxygens (including phenoxy) is 1. The maximum Gasteiger partial charge on any atom is 0.252 e. The molecular formula is C27H30N6O. The highest BCUT2D eigenvalue weighted by Gasteiger charge is 2.28. The topological polar surface area (TPSA) is 69.0 Å². The number of aromatic nitrogens is 5. The molecule has 0 spiro atoms. The van der Waals surface area contributed by atoms with Gasteiger partial charge >= 0.3 is 0 Å². The van der Waals surface area contributed by atoms with E-state index in [1.54, 1.807) is 19.5 Å². The number of aryl methyl sites for hydroxylation is 1. The Morgan fingerprint density at radius 3 is 2.32 bits per heavy atom. The van der Waals surface area contributed by atoms with Gasteiger partial charge in [-0.2, -0.15) is 4.68 Å². The largest absolute Gasteiger partial charge is 0.375 e. The van der Waals surface area contributed by atoms with Crippen LogP contribution in [-0.2, 0) is 4.74 Å². The van der Waals surface area contributed by atoms with Crippen molar-refractivity contribution in [1.82, 2.24) is 29.6 Å². The lowest BCUT2D eigenvalue weighted by molar-refractivity contribution is 0.0543. The highest BCUT2D eigenvalue weighted by molar-refractivity contribution is 5.55. The molecule has 174 valence electrons. The van der Waals surface area contributed by atoms with Crippen molar-refractivity contribution in [3.05, 3.63) is 90.0 Å². The number of likely N-dealkylation sites (tertiary alicyclic amines) is 1. The fourth-order valence-electron chi connectivity index (χ4n) is 4.55. The third kappa shape index (κ3) is 4.90. The minimum atomic E-state index is 0.0762.